The Balaban J connectivity index is 1.11. The number of likely N-dealkylation sites (tertiary alicyclic amines) is 2. The molecule has 4 aromatic heterocycles. The van der Waals surface area contributed by atoms with E-state index in [-0.39, 0.29) is 43.6 Å². The van der Waals surface area contributed by atoms with E-state index in [0.29, 0.717) is 35.6 Å². The predicted molar refractivity (Wildman–Crippen MR) is 161 cm³/mol. The molecule has 234 valence electrons. The minimum Gasteiger partial charge on any atom is -0.473 e. The van der Waals surface area contributed by atoms with E-state index in [1.54, 1.807) is 39.2 Å². The first-order valence-electron chi connectivity index (χ1n) is 14.9. The monoisotopic (exact) mass is 607 g/mol. The summed E-state index contributed by atoms with van der Waals surface area (Å²) >= 11 is 0. The molecule has 0 aromatic carbocycles. The number of halogens is 1. The molecular formula is C30H38FN9O4. The van der Waals surface area contributed by atoms with Crippen molar-refractivity contribution in [3.8, 4) is 5.88 Å². The van der Waals surface area contributed by atoms with Gasteiger partial charge in [-0.3, -0.25) is 14.4 Å². The third kappa shape index (κ3) is 6.30. The summed E-state index contributed by atoms with van der Waals surface area (Å²) in [7, 11) is 0. The SMILES string of the molecule is CC(C)Oc1nc2nn(C3CCN(CC4(F)CN(C(=O)OC(C)(C)C)C4)CC3)cc2cc1NC(=O)c1cnn2cccnc12. The lowest BCUT2D eigenvalue weighted by Crippen LogP contribution is -2.65. The molecule has 6 heterocycles. The number of hydrogen-bond donors (Lipinski definition) is 1. The lowest BCUT2D eigenvalue weighted by atomic mass is 9.94. The topological polar surface area (TPSA) is 132 Å². The number of fused-ring (bicyclic) bond motifs is 2. The van der Waals surface area contributed by atoms with Gasteiger partial charge in [0, 0.05) is 43.6 Å². The average Bonchev–Trinajstić information content (AvgIpc) is 3.55. The number of pyridine rings is 1. The quantitative estimate of drug-likeness (QED) is 0.330. The van der Waals surface area contributed by atoms with Crippen LogP contribution in [0.2, 0.25) is 0 Å². The smallest absolute Gasteiger partial charge is 0.410 e. The van der Waals surface area contributed by atoms with Gasteiger partial charge < -0.3 is 19.7 Å². The summed E-state index contributed by atoms with van der Waals surface area (Å²) in [6.45, 7) is 11.0. The van der Waals surface area contributed by atoms with Crippen LogP contribution in [0.4, 0.5) is 14.9 Å². The zero-order valence-corrected chi connectivity index (χ0v) is 25.7. The van der Waals surface area contributed by atoms with Crippen molar-refractivity contribution < 1.29 is 23.5 Å². The third-order valence-electron chi connectivity index (χ3n) is 7.64. The van der Waals surface area contributed by atoms with Gasteiger partial charge in [0.1, 0.15) is 16.9 Å². The molecule has 4 aromatic rings. The number of rotatable bonds is 7. The second-order valence-electron chi connectivity index (χ2n) is 12.9. The van der Waals surface area contributed by atoms with Gasteiger partial charge in [0.2, 0.25) is 5.88 Å². The van der Waals surface area contributed by atoms with Gasteiger partial charge in [0.15, 0.2) is 17.0 Å². The molecule has 0 atom stereocenters. The summed E-state index contributed by atoms with van der Waals surface area (Å²) in [5.74, 6) is -0.0981. The fourth-order valence-corrected chi connectivity index (χ4v) is 5.66. The maximum atomic E-state index is 15.4. The number of anilines is 1. The molecule has 44 heavy (non-hydrogen) atoms. The van der Waals surface area contributed by atoms with E-state index in [0.717, 1.165) is 18.2 Å². The number of nitrogens with one attached hydrogen (secondary N) is 1. The van der Waals surface area contributed by atoms with Crippen LogP contribution in [0.25, 0.3) is 16.7 Å². The predicted octanol–water partition coefficient (Wildman–Crippen LogP) is 4.11. The highest BCUT2D eigenvalue weighted by molar-refractivity contribution is 6.09. The maximum Gasteiger partial charge on any atom is 0.410 e. The number of aromatic nitrogens is 6. The van der Waals surface area contributed by atoms with Crippen molar-refractivity contribution in [1.82, 2.24) is 39.2 Å². The lowest BCUT2D eigenvalue weighted by Gasteiger charge is -2.47. The van der Waals surface area contributed by atoms with Gasteiger partial charge in [-0.05, 0) is 59.6 Å². The van der Waals surface area contributed by atoms with Crippen molar-refractivity contribution in [1.29, 1.82) is 0 Å². The minimum absolute atomic E-state index is 0.0472. The standard InChI is InChI=1S/C30H38FN9O4/c1-19(2)43-27-23(34-26(41)22-14-33-39-10-6-9-32-25(22)39)13-20-15-40(36-24(20)35-27)21-7-11-37(12-8-21)16-30(31)17-38(18-30)28(42)44-29(3,4)5/h6,9-10,13-15,19,21H,7-8,11-12,16-18H2,1-5H3,(H,34,41). The number of nitrogens with zero attached hydrogens (tertiary/aromatic N) is 8. The second-order valence-corrected chi connectivity index (χ2v) is 12.9. The van der Waals surface area contributed by atoms with Crippen LogP contribution in [-0.2, 0) is 4.74 Å². The first-order valence-corrected chi connectivity index (χ1v) is 14.9. The number of ether oxygens (including phenoxy) is 2. The molecule has 2 fully saturated rings. The van der Waals surface area contributed by atoms with Gasteiger partial charge in [-0.15, -0.1) is 0 Å². The second kappa shape index (κ2) is 11.3. The van der Waals surface area contributed by atoms with Crippen LogP contribution in [0.1, 0.15) is 63.9 Å². The van der Waals surface area contributed by atoms with Crippen molar-refractivity contribution in [2.75, 3.05) is 38.0 Å². The summed E-state index contributed by atoms with van der Waals surface area (Å²) in [6.07, 6.45) is 7.67. The van der Waals surface area contributed by atoms with Gasteiger partial charge in [0.05, 0.1) is 31.4 Å². The van der Waals surface area contributed by atoms with Gasteiger partial charge in [-0.25, -0.2) is 18.7 Å². The average molecular weight is 608 g/mol. The Kier molecular flexibility index (Phi) is 7.64. The minimum atomic E-state index is -1.43. The highest BCUT2D eigenvalue weighted by Crippen LogP contribution is 2.33. The largest absolute Gasteiger partial charge is 0.473 e. The zero-order chi connectivity index (χ0) is 31.2. The molecule has 14 heteroatoms. The molecule has 0 spiro atoms. The van der Waals surface area contributed by atoms with Gasteiger partial charge >= 0.3 is 6.09 Å². The number of carbonyl (C=O) groups is 2. The molecule has 2 aliphatic heterocycles. The van der Waals surface area contributed by atoms with Crippen LogP contribution in [-0.4, -0.2) is 101 Å². The van der Waals surface area contributed by atoms with Crippen LogP contribution in [0.3, 0.4) is 0 Å². The number of alkyl halides is 1. The molecule has 2 saturated heterocycles. The Morgan fingerprint density at radius 1 is 1.20 bits per heavy atom. The molecule has 0 bridgehead atoms. The van der Waals surface area contributed by atoms with Crippen molar-refractivity contribution in [3.63, 3.8) is 0 Å². The first-order chi connectivity index (χ1) is 20.9. The van der Waals surface area contributed by atoms with Crippen molar-refractivity contribution >= 4 is 34.4 Å². The van der Waals surface area contributed by atoms with E-state index in [4.69, 9.17) is 14.6 Å². The van der Waals surface area contributed by atoms with E-state index < -0.39 is 17.4 Å². The fraction of sp³-hybridized carbons (Fsp3) is 0.533. The van der Waals surface area contributed by atoms with Crippen LogP contribution in [0.5, 0.6) is 5.88 Å². The number of carbonyl (C=O) groups excluding carboxylic acids is 2. The van der Waals surface area contributed by atoms with Crippen LogP contribution < -0.4 is 10.1 Å². The molecule has 0 aliphatic carbocycles. The van der Waals surface area contributed by atoms with Crippen LogP contribution in [0, 0.1) is 0 Å². The first kappa shape index (κ1) is 29.7. The number of hydrogen-bond acceptors (Lipinski definition) is 9. The molecule has 0 saturated carbocycles. The molecule has 2 amide bonds. The van der Waals surface area contributed by atoms with E-state index in [1.165, 1.54) is 15.6 Å². The van der Waals surface area contributed by atoms with Gasteiger partial charge in [-0.1, -0.05) is 0 Å². The highest BCUT2D eigenvalue weighted by atomic mass is 19.1. The summed E-state index contributed by atoms with van der Waals surface area (Å²) in [5.41, 5.74) is -0.319. The van der Waals surface area contributed by atoms with Crippen LogP contribution >= 0.6 is 0 Å². The van der Waals surface area contributed by atoms with E-state index >= 15 is 4.39 Å². The number of piperidine rings is 1. The molecule has 0 unspecified atom stereocenters. The zero-order valence-electron chi connectivity index (χ0n) is 25.7. The molecule has 6 rings (SSSR count). The summed E-state index contributed by atoms with van der Waals surface area (Å²) in [5, 5.41) is 12.6. The molecule has 13 nitrogen and oxygen atoms in total. The lowest BCUT2D eigenvalue weighted by molar-refractivity contribution is -0.0668. The Labute approximate surface area is 254 Å². The van der Waals surface area contributed by atoms with E-state index in [2.05, 4.69) is 25.3 Å². The molecule has 2 aliphatic rings. The van der Waals surface area contributed by atoms with E-state index in [1.807, 2.05) is 30.8 Å². The summed E-state index contributed by atoms with van der Waals surface area (Å²) in [6, 6.07) is 3.67. The Hall–Kier alpha value is -4.33. The van der Waals surface area contributed by atoms with E-state index in [9.17, 15) is 9.59 Å². The summed E-state index contributed by atoms with van der Waals surface area (Å²) < 4.78 is 30.1. The Morgan fingerprint density at radius 3 is 2.66 bits per heavy atom. The summed E-state index contributed by atoms with van der Waals surface area (Å²) in [4.78, 5) is 37.9. The van der Waals surface area contributed by atoms with Crippen molar-refractivity contribution in [2.24, 2.45) is 0 Å². The highest BCUT2D eigenvalue weighted by Gasteiger charge is 2.48. The van der Waals surface area contributed by atoms with Crippen molar-refractivity contribution in [3.05, 3.63) is 42.5 Å². The normalized spacial score (nSPS) is 17.7. The fourth-order valence-electron chi connectivity index (χ4n) is 5.66. The number of amides is 2. The third-order valence-corrected chi connectivity index (χ3v) is 7.64. The Bertz CT molecular complexity index is 1680. The van der Waals surface area contributed by atoms with Gasteiger partial charge in [-0.2, -0.15) is 15.2 Å². The maximum absolute atomic E-state index is 15.4. The molecular weight excluding hydrogens is 569 g/mol. The van der Waals surface area contributed by atoms with Crippen molar-refractivity contribution in [2.45, 2.75) is 70.9 Å². The molecule has 0 radical (unpaired) electrons. The van der Waals surface area contributed by atoms with Gasteiger partial charge in [0.25, 0.3) is 5.91 Å². The van der Waals surface area contributed by atoms with Crippen LogP contribution in [0.15, 0.2) is 36.9 Å². The Morgan fingerprint density at radius 2 is 1.95 bits per heavy atom. The molecule has 1 N–H and O–H groups in total.